The number of unbranched alkanes of at least 4 members (excludes halogenated alkanes) is 1. The summed E-state index contributed by atoms with van der Waals surface area (Å²) in [5.74, 6) is -1.90. The molecule has 0 bridgehead atoms. The average Bonchev–Trinajstić information content (AvgIpc) is 2.29. The maximum Gasteiger partial charge on any atom is 0.195 e. The first-order valence-corrected chi connectivity index (χ1v) is 5.51. The lowest BCUT2D eigenvalue weighted by Gasteiger charge is -2.45. The third-order valence-electron chi connectivity index (χ3n) is 2.94. The quantitative estimate of drug-likeness (QED) is 0.399. The fraction of sp³-hybridized carbons (Fsp3) is 1.00. The predicted octanol–water partition coefficient (Wildman–Crippen LogP) is -1.66. The topological polar surface area (TPSA) is 110 Å². The first kappa shape index (κ1) is 13.8. The molecule has 1 aliphatic rings. The Morgan fingerprint density at radius 1 is 1.19 bits per heavy atom. The lowest BCUT2D eigenvalue weighted by Crippen LogP contribution is -2.65. The number of hydrogen-bond donors (Lipinski definition) is 5. The highest BCUT2D eigenvalue weighted by atomic mass is 16.7. The van der Waals surface area contributed by atoms with Gasteiger partial charge in [0.15, 0.2) is 5.79 Å². The van der Waals surface area contributed by atoms with Crippen LogP contribution in [-0.4, -0.2) is 62.3 Å². The molecule has 1 unspecified atom stereocenters. The third-order valence-corrected chi connectivity index (χ3v) is 2.94. The SMILES string of the molecule is CCCCC1(O)O[C@H](CO)[C@@H](O)[C@H](O)[C@H]1O. The van der Waals surface area contributed by atoms with E-state index < -0.39 is 36.8 Å². The Bertz CT molecular complexity index is 221. The van der Waals surface area contributed by atoms with Gasteiger partial charge >= 0.3 is 0 Å². The van der Waals surface area contributed by atoms with Crippen molar-refractivity contribution in [3.8, 4) is 0 Å². The van der Waals surface area contributed by atoms with Gasteiger partial charge in [-0.25, -0.2) is 0 Å². The van der Waals surface area contributed by atoms with Crippen molar-refractivity contribution in [2.24, 2.45) is 0 Å². The van der Waals surface area contributed by atoms with Crippen LogP contribution in [0.3, 0.4) is 0 Å². The summed E-state index contributed by atoms with van der Waals surface area (Å²) >= 11 is 0. The number of hydrogen-bond acceptors (Lipinski definition) is 6. The van der Waals surface area contributed by atoms with Gasteiger partial charge in [0.2, 0.25) is 0 Å². The van der Waals surface area contributed by atoms with Gasteiger partial charge in [-0.3, -0.25) is 0 Å². The molecule has 0 aromatic carbocycles. The summed E-state index contributed by atoms with van der Waals surface area (Å²) in [6.45, 7) is 1.38. The molecule has 0 saturated carbocycles. The van der Waals surface area contributed by atoms with Crippen molar-refractivity contribution in [1.29, 1.82) is 0 Å². The summed E-state index contributed by atoms with van der Waals surface area (Å²) < 4.78 is 5.07. The number of rotatable bonds is 4. The predicted molar refractivity (Wildman–Crippen MR) is 54.5 cm³/mol. The van der Waals surface area contributed by atoms with Crippen LogP contribution in [-0.2, 0) is 4.74 Å². The van der Waals surface area contributed by atoms with Crippen LogP contribution in [0, 0.1) is 0 Å². The summed E-state index contributed by atoms with van der Waals surface area (Å²) in [4.78, 5) is 0. The maximum absolute atomic E-state index is 10.0. The van der Waals surface area contributed by atoms with Gasteiger partial charge in [0.25, 0.3) is 0 Å². The minimum atomic E-state index is -1.90. The van der Waals surface area contributed by atoms with Crippen molar-refractivity contribution in [1.82, 2.24) is 0 Å². The molecule has 0 aromatic heterocycles. The second-order valence-corrected chi connectivity index (χ2v) is 4.21. The molecule has 5 N–H and O–H groups in total. The zero-order valence-corrected chi connectivity index (χ0v) is 9.28. The van der Waals surface area contributed by atoms with Gasteiger partial charge in [0.1, 0.15) is 24.4 Å². The Balaban J connectivity index is 2.76. The number of aliphatic hydroxyl groups is 5. The van der Waals surface area contributed by atoms with Crippen LogP contribution in [0.4, 0.5) is 0 Å². The summed E-state index contributed by atoms with van der Waals surface area (Å²) in [7, 11) is 0. The molecule has 1 rings (SSSR count). The molecule has 1 aliphatic heterocycles. The molecule has 6 heteroatoms. The minimum Gasteiger partial charge on any atom is -0.394 e. The molecule has 6 nitrogen and oxygen atoms in total. The van der Waals surface area contributed by atoms with E-state index in [1.165, 1.54) is 0 Å². The molecule has 96 valence electrons. The zero-order chi connectivity index (χ0) is 12.3. The van der Waals surface area contributed by atoms with E-state index >= 15 is 0 Å². The zero-order valence-electron chi connectivity index (χ0n) is 9.28. The number of ether oxygens (including phenoxy) is 1. The second kappa shape index (κ2) is 5.39. The molecule has 1 fully saturated rings. The van der Waals surface area contributed by atoms with Crippen LogP contribution in [0.1, 0.15) is 26.2 Å². The van der Waals surface area contributed by atoms with E-state index in [2.05, 4.69) is 0 Å². The Hall–Kier alpha value is -0.240. The van der Waals surface area contributed by atoms with Crippen molar-refractivity contribution in [3.05, 3.63) is 0 Å². The fourth-order valence-electron chi connectivity index (χ4n) is 1.86. The molecule has 0 aromatic rings. The van der Waals surface area contributed by atoms with Gasteiger partial charge in [-0.1, -0.05) is 13.3 Å². The molecule has 5 atom stereocenters. The summed E-state index contributed by atoms with van der Waals surface area (Å²) in [5, 5.41) is 47.6. The largest absolute Gasteiger partial charge is 0.394 e. The van der Waals surface area contributed by atoms with E-state index in [1.54, 1.807) is 0 Å². The summed E-state index contributed by atoms with van der Waals surface area (Å²) in [5.41, 5.74) is 0. The van der Waals surface area contributed by atoms with E-state index in [9.17, 15) is 20.4 Å². The lowest BCUT2D eigenvalue weighted by atomic mass is 9.90. The molecule has 0 aliphatic carbocycles. The highest BCUT2D eigenvalue weighted by Gasteiger charge is 2.51. The van der Waals surface area contributed by atoms with E-state index in [-0.39, 0.29) is 6.42 Å². The normalized spacial score (nSPS) is 44.6. The van der Waals surface area contributed by atoms with E-state index in [1.807, 2.05) is 6.92 Å². The molecular weight excluding hydrogens is 216 g/mol. The monoisotopic (exact) mass is 236 g/mol. The van der Waals surface area contributed by atoms with Crippen molar-refractivity contribution >= 4 is 0 Å². The van der Waals surface area contributed by atoms with E-state index in [4.69, 9.17) is 9.84 Å². The minimum absolute atomic E-state index is 0.144. The standard InChI is InChI=1S/C10H20O6/c1-2-3-4-10(15)9(14)8(13)7(12)6(5-11)16-10/h6-9,11-15H,2-5H2,1H3/t6-,7-,8+,9-,10?/m1/s1. The Labute approximate surface area is 94.1 Å². The summed E-state index contributed by atoms with van der Waals surface area (Å²) in [6, 6.07) is 0. The third kappa shape index (κ3) is 2.53. The van der Waals surface area contributed by atoms with Crippen LogP contribution >= 0.6 is 0 Å². The van der Waals surface area contributed by atoms with Gasteiger partial charge in [-0.05, 0) is 6.42 Å². The molecule has 0 spiro atoms. The Morgan fingerprint density at radius 3 is 2.31 bits per heavy atom. The van der Waals surface area contributed by atoms with Crippen LogP contribution in [0.25, 0.3) is 0 Å². The molecule has 1 heterocycles. The van der Waals surface area contributed by atoms with Gasteiger partial charge in [0, 0.05) is 6.42 Å². The van der Waals surface area contributed by atoms with Gasteiger partial charge in [-0.2, -0.15) is 0 Å². The molecule has 0 radical (unpaired) electrons. The Kier molecular flexibility index (Phi) is 4.66. The highest BCUT2D eigenvalue weighted by Crippen LogP contribution is 2.31. The van der Waals surface area contributed by atoms with Crippen molar-refractivity contribution in [3.63, 3.8) is 0 Å². The number of aliphatic hydroxyl groups excluding tert-OH is 4. The molecular formula is C10H20O6. The first-order chi connectivity index (χ1) is 7.46. The average molecular weight is 236 g/mol. The van der Waals surface area contributed by atoms with Crippen molar-refractivity contribution < 1.29 is 30.3 Å². The van der Waals surface area contributed by atoms with Crippen LogP contribution in [0.2, 0.25) is 0 Å². The molecule has 0 amide bonds. The second-order valence-electron chi connectivity index (χ2n) is 4.21. The fourth-order valence-corrected chi connectivity index (χ4v) is 1.86. The summed E-state index contributed by atoms with van der Waals surface area (Å²) in [6.07, 6.45) is -4.04. The molecule has 1 saturated heterocycles. The van der Waals surface area contributed by atoms with Gasteiger partial charge in [-0.15, -0.1) is 0 Å². The smallest absolute Gasteiger partial charge is 0.195 e. The van der Waals surface area contributed by atoms with Crippen molar-refractivity contribution in [2.45, 2.75) is 56.4 Å². The molecule has 16 heavy (non-hydrogen) atoms. The first-order valence-electron chi connectivity index (χ1n) is 5.51. The van der Waals surface area contributed by atoms with E-state index in [0.717, 1.165) is 6.42 Å². The van der Waals surface area contributed by atoms with Crippen molar-refractivity contribution in [2.75, 3.05) is 6.61 Å². The van der Waals surface area contributed by atoms with Crippen LogP contribution in [0.5, 0.6) is 0 Å². The van der Waals surface area contributed by atoms with Crippen LogP contribution < -0.4 is 0 Å². The van der Waals surface area contributed by atoms with Gasteiger partial charge < -0.3 is 30.3 Å². The Morgan fingerprint density at radius 2 is 1.81 bits per heavy atom. The highest BCUT2D eigenvalue weighted by molar-refractivity contribution is 4.95. The van der Waals surface area contributed by atoms with Gasteiger partial charge in [0.05, 0.1) is 6.61 Å². The van der Waals surface area contributed by atoms with E-state index in [0.29, 0.717) is 6.42 Å². The lowest BCUT2D eigenvalue weighted by molar-refractivity contribution is -0.351. The van der Waals surface area contributed by atoms with Crippen LogP contribution in [0.15, 0.2) is 0 Å². The maximum atomic E-state index is 10.0.